The fraction of sp³-hybridized carbons (Fsp3) is 0.500. The third-order valence-electron chi connectivity index (χ3n) is 15.7. The number of rotatable bonds is 9. The number of hydrogen-bond acceptors (Lipinski definition) is 19. The second-order valence-electron chi connectivity index (χ2n) is 26.2. The van der Waals surface area contributed by atoms with Crippen LogP contribution in [0.5, 0.6) is 0 Å². The number of aromatic nitrogens is 6. The number of carbonyl (C=O) groups excluding carboxylic acids is 3. The van der Waals surface area contributed by atoms with Gasteiger partial charge in [0.05, 0.1) is 16.6 Å². The summed E-state index contributed by atoms with van der Waals surface area (Å²) in [7, 11) is 0. The van der Waals surface area contributed by atoms with Crippen molar-refractivity contribution in [3.63, 3.8) is 0 Å². The number of nitrogens with zero attached hydrogens (tertiary/aromatic N) is 13. The van der Waals surface area contributed by atoms with Gasteiger partial charge in [-0.3, -0.25) is 4.90 Å². The van der Waals surface area contributed by atoms with Crippen LogP contribution in [0.1, 0.15) is 80.7 Å². The summed E-state index contributed by atoms with van der Waals surface area (Å²) in [5.41, 5.74) is 2.57. The number of halogens is 1. The van der Waals surface area contributed by atoms with Gasteiger partial charge in [0, 0.05) is 133 Å². The summed E-state index contributed by atoms with van der Waals surface area (Å²) >= 11 is 6.06. The van der Waals surface area contributed by atoms with Gasteiger partial charge in [-0.2, -0.15) is 15.0 Å². The van der Waals surface area contributed by atoms with Gasteiger partial charge in [0.2, 0.25) is 17.2 Å². The van der Waals surface area contributed by atoms with Gasteiger partial charge in [-0.15, -0.1) is 0 Å². The van der Waals surface area contributed by atoms with Crippen LogP contribution in [0, 0.1) is 0 Å². The third-order valence-corrected chi connectivity index (χ3v) is 15.8. The van der Waals surface area contributed by atoms with Gasteiger partial charge in [0.15, 0.2) is 0 Å². The summed E-state index contributed by atoms with van der Waals surface area (Å²) in [5.74, 6) is 4.00. The Morgan fingerprint density at radius 3 is 1.26 bits per heavy atom. The molecule has 3 amide bonds. The lowest BCUT2D eigenvalue weighted by Gasteiger charge is -2.36. The summed E-state index contributed by atoms with van der Waals surface area (Å²) in [4.78, 5) is 79.5. The summed E-state index contributed by atoms with van der Waals surface area (Å²) < 4.78 is 16.5. The molecule has 0 unspecified atom stereocenters. The fourth-order valence-electron chi connectivity index (χ4n) is 11.4. The largest absolute Gasteiger partial charge is 0.444 e. The van der Waals surface area contributed by atoms with E-state index in [4.69, 9.17) is 45.7 Å². The smallest absolute Gasteiger partial charge is 0.410 e. The van der Waals surface area contributed by atoms with Crippen molar-refractivity contribution in [2.24, 2.45) is 0 Å². The minimum Gasteiger partial charge on any atom is -0.444 e. The average molecular weight is 1240 g/mol. The second-order valence-corrected chi connectivity index (χ2v) is 26.5. The molecule has 0 aliphatic carbocycles. The van der Waals surface area contributed by atoms with E-state index in [1.54, 1.807) is 14.7 Å². The maximum Gasteiger partial charge on any atom is 0.410 e. The lowest BCUT2D eigenvalue weighted by atomic mass is 10.2. The number of hydrogen-bond donors (Lipinski definition) is 3. The van der Waals surface area contributed by atoms with Crippen LogP contribution in [0.25, 0.3) is 32.7 Å². The molecule has 0 bridgehead atoms. The van der Waals surface area contributed by atoms with Crippen LogP contribution in [0.4, 0.5) is 43.7 Å². The molecule has 7 aromatic rings. The van der Waals surface area contributed by atoms with Crippen molar-refractivity contribution in [3.8, 4) is 0 Å². The molecule has 23 heteroatoms. The molecule has 12 rings (SSSR count). The molecule has 4 aromatic carbocycles. The first-order valence-electron chi connectivity index (χ1n) is 31.2. The molecule has 0 saturated carbocycles. The average Bonchev–Trinajstić information content (AvgIpc) is 1.41. The number of amides is 3. The molecule has 2 atom stereocenters. The molecule has 474 valence electrons. The zero-order valence-corrected chi connectivity index (χ0v) is 53.8. The van der Waals surface area contributed by atoms with E-state index in [2.05, 4.69) is 88.0 Å². The molecule has 5 saturated heterocycles. The van der Waals surface area contributed by atoms with E-state index < -0.39 is 16.8 Å². The zero-order valence-electron chi connectivity index (χ0n) is 53.0. The van der Waals surface area contributed by atoms with Gasteiger partial charge in [-0.05, 0) is 135 Å². The first kappa shape index (κ1) is 63.9. The zero-order chi connectivity index (χ0) is 62.9. The first-order valence-corrected chi connectivity index (χ1v) is 31.6. The summed E-state index contributed by atoms with van der Waals surface area (Å²) in [6.45, 7) is 29.7. The molecule has 0 spiro atoms. The second kappa shape index (κ2) is 28.2. The van der Waals surface area contributed by atoms with E-state index >= 15 is 0 Å². The highest BCUT2D eigenvalue weighted by atomic mass is 35.5. The molecule has 89 heavy (non-hydrogen) atoms. The van der Waals surface area contributed by atoms with Crippen molar-refractivity contribution in [2.75, 3.05) is 130 Å². The quantitative estimate of drug-likeness (QED) is 0.0905. The number of piperazine rings is 3. The fourth-order valence-corrected chi connectivity index (χ4v) is 11.5. The van der Waals surface area contributed by atoms with Crippen molar-refractivity contribution >= 4 is 91.9 Å². The number of ether oxygens (including phenoxy) is 3. The molecule has 3 N–H and O–H groups in total. The predicted octanol–water partition coefficient (Wildman–Crippen LogP) is 10.2. The van der Waals surface area contributed by atoms with E-state index in [-0.39, 0.29) is 23.6 Å². The number of carbonyl (C=O) groups is 3. The highest BCUT2D eigenvalue weighted by Gasteiger charge is 2.32. The monoisotopic (exact) mass is 1230 g/mol. The minimum absolute atomic E-state index is 0.235. The van der Waals surface area contributed by atoms with Crippen LogP contribution >= 0.6 is 11.6 Å². The Labute approximate surface area is 527 Å². The number of fused-ring (bicyclic) bond motifs is 3. The van der Waals surface area contributed by atoms with Crippen molar-refractivity contribution in [2.45, 2.75) is 111 Å². The molecular weight excluding hydrogens is 1150 g/mol. The van der Waals surface area contributed by atoms with Crippen LogP contribution < -0.4 is 30.7 Å². The molecule has 22 nitrogen and oxygen atoms in total. The third kappa shape index (κ3) is 17.6. The Kier molecular flexibility index (Phi) is 20.2. The normalized spacial score (nSPS) is 18.5. The Balaban J connectivity index is 0.000000150. The Hall–Kier alpha value is -8.08. The molecule has 3 aromatic heterocycles. The summed E-state index contributed by atoms with van der Waals surface area (Å²) in [6.07, 6.45) is 1.36. The number of para-hydroxylation sites is 3. The standard InChI is InChI=1S/C28H36N6O2.C21H30N6O2.C17H21ClN4O2/c1-28(2,3)36-27(35)34-17-15-33(16-18-34)25-23-11-7-8-12-24(23)30-26(31-25)29-22-13-14-32(20-22)19-21-9-5-4-6-10-21;1-21(2,3)29-20(28)27-12-10-26(11-13-27)18-16-6-4-5-7-17(16)24-19(25-18)23-15-8-9-22-14-15;1-17(2,3)24-16(23)22-10-8-21(9-11-22)14-12-6-4-5-7-13(12)19-15(18)20-14/h4-12,22H,13-20H2,1-3H3,(H,29,30,31);4-7,15,22H,8-14H2,1-3H3,(H,23,24,25);4-7H,8-11H2,1-3H3/t22-;15-;/m00./s1. The van der Waals surface area contributed by atoms with E-state index in [1.807, 2.05) is 123 Å². The van der Waals surface area contributed by atoms with Crippen LogP contribution in [0.2, 0.25) is 5.28 Å². The van der Waals surface area contributed by atoms with Gasteiger partial charge in [0.25, 0.3) is 0 Å². The van der Waals surface area contributed by atoms with Crippen LogP contribution in [-0.4, -0.2) is 201 Å². The van der Waals surface area contributed by atoms with E-state index in [0.717, 1.165) is 95.7 Å². The van der Waals surface area contributed by atoms with E-state index in [1.165, 1.54) is 5.56 Å². The van der Waals surface area contributed by atoms with Crippen molar-refractivity contribution in [1.29, 1.82) is 0 Å². The maximum absolute atomic E-state index is 12.5. The number of benzene rings is 4. The topological polar surface area (TPSA) is 215 Å². The summed E-state index contributed by atoms with van der Waals surface area (Å²) in [5, 5.41) is 13.7. The maximum atomic E-state index is 12.5. The van der Waals surface area contributed by atoms with Crippen LogP contribution in [-0.2, 0) is 20.8 Å². The van der Waals surface area contributed by atoms with Crippen molar-refractivity contribution in [3.05, 3.63) is 114 Å². The molecule has 8 heterocycles. The Morgan fingerprint density at radius 1 is 0.472 bits per heavy atom. The number of nitrogens with one attached hydrogen (secondary N) is 3. The molecule has 5 aliphatic heterocycles. The van der Waals surface area contributed by atoms with E-state index in [9.17, 15) is 14.4 Å². The van der Waals surface area contributed by atoms with Gasteiger partial charge in [0.1, 0.15) is 34.3 Å². The minimum atomic E-state index is -0.492. The first-order chi connectivity index (χ1) is 42.6. The van der Waals surface area contributed by atoms with Gasteiger partial charge in [-0.1, -0.05) is 66.7 Å². The number of likely N-dealkylation sites (tertiary alicyclic amines) is 1. The van der Waals surface area contributed by atoms with Crippen LogP contribution in [0.15, 0.2) is 103 Å². The number of anilines is 5. The summed E-state index contributed by atoms with van der Waals surface area (Å²) in [6, 6.07) is 35.3. The van der Waals surface area contributed by atoms with Gasteiger partial charge < -0.3 is 59.6 Å². The van der Waals surface area contributed by atoms with E-state index in [0.29, 0.717) is 103 Å². The lowest BCUT2D eigenvalue weighted by Crippen LogP contribution is -2.50. The van der Waals surface area contributed by atoms with Crippen LogP contribution in [0.3, 0.4) is 0 Å². The predicted molar refractivity (Wildman–Crippen MR) is 352 cm³/mol. The molecular formula is C66H87ClN16O6. The Morgan fingerprint density at radius 2 is 0.854 bits per heavy atom. The SMILES string of the molecule is CC(C)(C)OC(=O)N1CCN(c2nc(Cl)nc3ccccc23)CC1.CC(C)(C)OC(=O)N1CCN(c2nc(N[C@H]3CCN(Cc4ccccc4)C3)nc3ccccc23)CC1.CC(C)(C)OC(=O)N1CCN(c2nc(N[C@H]3CCNC3)nc3ccccc23)CC1. The Bertz CT molecular complexity index is 3530. The molecule has 5 aliphatic rings. The van der Waals surface area contributed by atoms with Crippen molar-refractivity contribution in [1.82, 2.24) is 54.8 Å². The van der Waals surface area contributed by atoms with Gasteiger partial charge in [-0.25, -0.2) is 29.3 Å². The highest BCUT2D eigenvalue weighted by molar-refractivity contribution is 6.28. The molecule has 5 fully saturated rings. The molecule has 0 radical (unpaired) electrons. The lowest BCUT2D eigenvalue weighted by molar-refractivity contribution is 0.0230. The van der Waals surface area contributed by atoms with Crippen molar-refractivity contribution < 1.29 is 28.6 Å². The highest BCUT2D eigenvalue weighted by Crippen LogP contribution is 2.31. The van der Waals surface area contributed by atoms with Gasteiger partial charge >= 0.3 is 18.3 Å².